The Balaban J connectivity index is 0.00000280. The van der Waals surface area contributed by atoms with Gasteiger partial charge in [-0.3, -0.25) is 9.89 Å². The summed E-state index contributed by atoms with van der Waals surface area (Å²) in [6.07, 6.45) is 1.19. The summed E-state index contributed by atoms with van der Waals surface area (Å²) in [5.41, 5.74) is 0.770. The van der Waals surface area contributed by atoms with Crippen molar-refractivity contribution in [1.82, 2.24) is 15.1 Å². The third-order valence-corrected chi connectivity index (χ3v) is 6.06. The van der Waals surface area contributed by atoms with Crippen LogP contribution in [0.25, 0.3) is 0 Å². The fraction of sp³-hybridized carbons (Fsp3) is 0.650. The van der Waals surface area contributed by atoms with E-state index in [0.29, 0.717) is 11.8 Å². The molecule has 2 heterocycles. The Morgan fingerprint density at radius 3 is 2.82 bits per heavy atom. The van der Waals surface area contributed by atoms with E-state index in [1.54, 1.807) is 17.8 Å². The highest BCUT2D eigenvalue weighted by Gasteiger charge is 2.30. The van der Waals surface area contributed by atoms with Gasteiger partial charge in [-0.1, -0.05) is 18.2 Å². The second kappa shape index (κ2) is 12.9. The van der Waals surface area contributed by atoms with Crippen molar-refractivity contribution in [2.45, 2.75) is 25.1 Å². The van der Waals surface area contributed by atoms with Crippen LogP contribution < -0.4 is 5.32 Å². The average molecular weight is 522 g/mol. The molecular weight excluding hydrogens is 490 g/mol. The number of thioether (sulfide) groups is 1. The van der Waals surface area contributed by atoms with Crippen LogP contribution in [-0.2, 0) is 10.5 Å². The van der Waals surface area contributed by atoms with Crippen molar-refractivity contribution < 1.29 is 9.13 Å². The van der Waals surface area contributed by atoms with Crippen molar-refractivity contribution >= 4 is 41.7 Å². The molecule has 2 saturated heterocycles. The number of aliphatic imine (C=N–C) groups is 1. The number of halogens is 2. The van der Waals surface area contributed by atoms with Gasteiger partial charge in [-0.25, -0.2) is 4.39 Å². The highest BCUT2D eigenvalue weighted by Crippen LogP contribution is 2.18. The molecule has 28 heavy (non-hydrogen) atoms. The van der Waals surface area contributed by atoms with Gasteiger partial charge in [0.25, 0.3) is 0 Å². The van der Waals surface area contributed by atoms with Crippen LogP contribution in [-0.4, -0.2) is 80.0 Å². The second-order valence-corrected chi connectivity index (χ2v) is 8.02. The van der Waals surface area contributed by atoms with Crippen LogP contribution in [0.3, 0.4) is 0 Å². The minimum absolute atomic E-state index is 0. The lowest BCUT2D eigenvalue weighted by molar-refractivity contribution is 0.0195. The molecule has 0 radical (unpaired) electrons. The van der Waals surface area contributed by atoms with Gasteiger partial charge in [-0.15, -0.1) is 24.0 Å². The Morgan fingerprint density at radius 2 is 2.07 bits per heavy atom. The molecule has 5 nitrogen and oxygen atoms in total. The summed E-state index contributed by atoms with van der Waals surface area (Å²) in [7, 11) is 0. The summed E-state index contributed by atoms with van der Waals surface area (Å²) in [5.74, 6) is 2.48. The normalized spacial score (nSPS) is 20.9. The molecule has 1 N–H and O–H groups in total. The first-order valence-corrected chi connectivity index (χ1v) is 11.1. The average Bonchev–Trinajstić information content (AvgIpc) is 3.19. The zero-order valence-electron chi connectivity index (χ0n) is 16.6. The standard InChI is InChI=1S/C20H31FN4OS.HI/c1-2-22-20(23-8-14-27-16-17-5-3-4-6-19(17)21)25-9-7-18(15-25)24-10-12-26-13-11-24;/h3-6,18H,2,7-16H2,1H3,(H,22,23);1H. The van der Waals surface area contributed by atoms with Crippen LogP contribution in [0.15, 0.2) is 29.3 Å². The Hall–Kier alpha value is -0.580. The van der Waals surface area contributed by atoms with E-state index < -0.39 is 0 Å². The van der Waals surface area contributed by atoms with Crippen LogP contribution in [0.1, 0.15) is 18.9 Å². The Bertz CT molecular complexity index is 616. The quantitative estimate of drug-likeness (QED) is 0.258. The lowest BCUT2D eigenvalue weighted by Gasteiger charge is -2.32. The van der Waals surface area contributed by atoms with E-state index in [9.17, 15) is 4.39 Å². The molecule has 158 valence electrons. The van der Waals surface area contributed by atoms with E-state index in [0.717, 1.165) is 69.8 Å². The van der Waals surface area contributed by atoms with Crippen LogP contribution in [0.5, 0.6) is 0 Å². The summed E-state index contributed by atoms with van der Waals surface area (Å²) >= 11 is 1.73. The van der Waals surface area contributed by atoms with Crippen LogP contribution >= 0.6 is 35.7 Å². The summed E-state index contributed by atoms with van der Waals surface area (Å²) in [4.78, 5) is 9.74. The van der Waals surface area contributed by atoms with Gasteiger partial charge in [0.15, 0.2) is 5.96 Å². The highest BCUT2D eigenvalue weighted by molar-refractivity contribution is 14.0. The molecule has 0 aliphatic carbocycles. The van der Waals surface area contributed by atoms with Gasteiger partial charge in [0, 0.05) is 50.3 Å². The van der Waals surface area contributed by atoms with Crippen molar-refractivity contribution in [2.24, 2.45) is 4.99 Å². The zero-order chi connectivity index (χ0) is 18.9. The third kappa shape index (κ3) is 7.03. The molecule has 2 aliphatic heterocycles. The third-order valence-electron chi connectivity index (χ3n) is 5.07. The number of benzene rings is 1. The molecule has 0 bridgehead atoms. The molecule has 1 aromatic rings. The Morgan fingerprint density at radius 1 is 1.29 bits per heavy atom. The maximum Gasteiger partial charge on any atom is 0.193 e. The van der Waals surface area contributed by atoms with Crippen LogP contribution in [0, 0.1) is 5.82 Å². The molecule has 2 fully saturated rings. The number of ether oxygens (including phenoxy) is 1. The van der Waals surface area contributed by atoms with Crippen LogP contribution in [0.2, 0.25) is 0 Å². The van der Waals surface area contributed by atoms with E-state index in [4.69, 9.17) is 9.73 Å². The number of nitrogens with zero attached hydrogens (tertiary/aromatic N) is 3. The number of guanidine groups is 1. The molecule has 1 atom stereocenters. The van der Waals surface area contributed by atoms with Crippen molar-refractivity contribution in [2.75, 3.05) is 58.2 Å². The number of hydrogen-bond acceptors (Lipinski definition) is 4. The first-order chi connectivity index (χ1) is 13.3. The lowest BCUT2D eigenvalue weighted by atomic mass is 10.2. The zero-order valence-corrected chi connectivity index (χ0v) is 19.8. The van der Waals surface area contributed by atoms with E-state index >= 15 is 0 Å². The molecule has 0 saturated carbocycles. The van der Waals surface area contributed by atoms with Gasteiger partial charge >= 0.3 is 0 Å². The predicted molar refractivity (Wildman–Crippen MR) is 126 cm³/mol. The molecule has 1 aromatic carbocycles. The minimum atomic E-state index is -0.118. The SMILES string of the molecule is CCNC(=NCCSCc1ccccc1F)N1CCC(N2CCOCC2)C1.I. The Labute approximate surface area is 189 Å². The van der Waals surface area contributed by atoms with Gasteiger partial charge in [0.05, 0.1) is 19.8 Å². The van der Waals surface area contributed by atoms with Gasteiger partial charge in [-0.2, -0.15) is 11.8 Å². The molecule has 8 heteroatoms. The van der Waals surface area contributed by atoms with E-state index in [1.807, 2.05) is 12.1 Å². The molecule has 2 aliphatic rings. The van der Waals surface area contributed by atoms with Gasteiger partial charge in [-0.05, 0) is 25.0 Å². The fourth-order valence-electron chi connectivity index (χ4n) is 3.61. The predicted octanol–water partition coefficient (Wildman–Crippen LogP) is 3.05. The van der Waals surface area contributed by atoms with E-state index in [-0.39, 0.29) is 29.8 Å². The van der Waals surface area contributed by atoms with Gasteiger partial charge in [0.2, 0.25) is 0 Å². The molecule has 3 rings (SSSR count). The van der Waals surface area contributed by atoms with Crippen molar-refractivity contribution in [3.63, 3.8) is 0 Å². The molecular formula is C20H32FIN4OS. The van der Waals surface area contributed by atoms with Gasteiger partial charge < -0.3 is 15.0 Å². The topological polar surface area (TPSA) is 40.1 Å². The number of rotatable bonds is 7. The molecule has 1 unspecified atom stereocenters. The number of likely N-dealkylation sites (tertiary alicyclic amines) is 1. The maximum absolute atomic E-state index is 13.7. The van der Waals surface area contributed by atoms with Crippen molar-refractivity contribution in [3.8, 4) is 0 Å². The second-order valence-electron chi connectivity index (χ2n) is 6.92. The smallest absolute Gasteiger partial charge is 0.193 e. The lowest BCUT2D eigenvalue weighted by Crippen LogP contribution is -2.46. The summed E-state index contributed by atoms with van der Waals surface area (Å²) in [6.45, 7) is 9.61. The molecule has 0 amide bonds. The monoisotopic (exact) mass is 522 g/mol. The number of hydrogen-bond donors (Lipinski definition) is 1. The minimum Gasteiger partial charge on any atom is -0.379 e. The molecule has 0 spiro atoms. The summed E-state index contributed by atoms with van der Waals surface area (Å²) in [6, 6.07) is 7.60. The summed E-state index contributed by atoms with van der Waals surface area (Å²) < 4.78 is 19.1. The number of morpholine rings is 1. The Kier molecular flexibility index (Phi) is 10.9. The van der Waals surface area contributed by atoms with Gasteiger partial charge in [0.1, 0.15) is 5.82 Å². The van der Waals surface area contributed by atoms with Crippen molar-refractivity contribution in [1.29, 1.82) is 0 Å². The molecule has 0 aromatic heterocycles. The largest absolute Gasteiger partial charge is 0.379 e. The van der Waals surface area contributed by atoms with E-state index in [2.05, 4.69) is 22.0 Å². The summed E-state index contributed by atoms with van der Waals surface area (Å²) in [5, 5.41) is 3.43. The first-order valence-electron chi connectivity index (χ1n) is 9.94. The first kappa shape index (κ1) is 23.7. The van der Waals surface area contributed by atoms with Crippen molar-refractivity contribution in [3.05, 3.63) is 35.6 Å². The number of nitrogens with one attached hydrogen (secondary N) is 1. The fourth-order valence-corrected chi connectivity index (χ4v) is 4.43. The van der Waals surface area contributed by atoms with E-state index in [1.165, 1.54) is 12.5 Å². The maximum atomic E-state index is 13.7. The van der Waals surface area contributed by atoms with Crippen LogP contribution in [0.4, 0.5) is 4.39 Å². The highest BCUT2D eigenvalue weighted by atomic mass is 127.